The Hall–Kier alpha value is -3.02. The molecule has 2 N–H and O–H groups in total. The van der Waals surface area contributed by atoms with Gasteiger partial charge >= 0.3 is 0 Å². The molecule has 1 aliphatic heterocycles. The Morgan fingerprint density at radius 2 is 1.92 bits per heavy atom. The maximum atomic E-state index is 15.4. The lowest BCUT2D eigenvalue weighted by Crippen LogP contribution is -2.43. The molecule has 1 saturated carbocycles. The number of hydrogen-bond acceptors (Lipinski definition) is 7. The van der Waals surface area contributed by atoms with Crippen molar-refractivity contribution in [3.05, 3.63) is 42.0 Å². The number of sulfonamides is 1. The van der Waals surface area contributed by atoms with Crippen LogP contribution in [0.1, 0.15) is 38.7 Å². The third kappa shape index (κ3) is 4.90. The highest BCUT2D eigenvalue weighted by Gasteiger charge is 2.54. The van der Waals surface area contributed by atoms with Gasteiger partial charge in [0.25, 0.3) is 0 Å². The first-order valence-corrected chi connectivity index (χ1v) is 14.1. The maximum Gasteiger partial charge on any atom is 0.238 e. The highest BCUT2D eigenvalue weighted by molar-refractivity contribution is 7.92. The summed E-state index contributed by atoms with van der Waals surface area (Å²) in [4.78, 5) is 23.5. The first-order chi connectivity index (χ1) is 17.5. The van der Waals surface area contributed by atoms with Crippen LogP contribution < -0.4 is 19.7 Å². The van der Waals surface area contributed by atoms with Crippen LogP contribution in [0.5, 0.6) is 5.88 Å². The molecule has 3 heterocycles. The molecular formula is C26H31ClFN5O4S. The van der Waals surface area contributed by atoms with Crippen LogP contribution in [0.15, 0.2) is 30.6 Å². The third-order valence-corrected chi connectivity index (χ3v) is 7.64. The lowest BCUT2D eigenvalue weighted by molar-refractivity contribution is -0.125. The van der Waals surface area contributed by atoms with E-state index in [2.05, 4.69) is 20.0 Å². The van der Waals surface area contributed by atoms with Crippen LogP contribution in [0.4, 0.5) is 15.8 Å². The standard InChI is InChI=1S/C26H30FN5O4S.ClH/c1-15(2)28-8-9-36-24-21(31-37(4,34)35)10-16(13-30-24)17-11-18-20(12-19(17)27)29-14-22-23(18)26(6-5-7-26)25(33)32(22)3;/h10-15,28,31H,5-9H2,1-4H3;1H. The molecule has 0 bridgehead atoms. The highest BCUT2D eigenvalue weighted by atomic mass is 35.5. The topological polar surface area (TPSA) is 114 Å². The number of rotatable bonds is 8. The quantitative estimate of drug-likeness (QED) is 0.398. The molecule has 12 heteroatoms. The van der Waals surface area contributed by atoms with Gasteiger partial charge in [-0.15, -0.1) is 12.4 Å². The van der Waals surface area contributed by atoms with Gasteiger partial charge in [-0.05, 0) is 25.0 Å². The summed E-state index contributed by atoms with van der Waals surface area (Å²) in [5.41, 5.74) is 2.22. The van der Waals surface area contributed by atoms with E-state index in [1.165, 1.54) is 18.3 Å². The van der Waals surface area contributed by atoms with Gasteiger partial charge in [0.1, 0.15) is 18.1 Å². The minimum Gasteiger partial charge on any atom is -0.475 e. The Bertz CT molecular complexity index is 1510. The van der Waals surface area contributed by atoms with Gasteiger partial charge in [-0.1, -0.05) is 20.3 Å². The minimum absolute atomic E-state index is 0. The molecule has 1 spiro atoms. The number of hydrogen-bond donors (Lipinski definition) is 2. The molecule has 0 atom stereocenters. The molecule has 1 amide bonds. The van der Waals surface area contributed by atoms with Crippen LogP contribution in [0, 0.1) is 5.82 Å². The van der Waals surface area contributed by atoms with Crippen LogP contribution in [-0.2, 0) is 20.2 Å². The zero-order chi connectivity index (χ0) is 26.5. The Labute approximate surface area is 227 Å². The van der Waals surface area contributed by atoms with Gasteiger partial charge in [0, 0.05) is 54.0 Å². The number of carbonyl (C=O) groups is 1. The van der Waals surface area contributed by atoms with Gasteiger partial charge in [-0.25, -0.2) is 17.8 Å². The van der Waals surface area contributed by atoms with Crippen molar-refractivity contribution < 1.29 is 22.3 Å². The highest BCUT2D eigenvalue weighted by Crippen LogP contribution is 2.55. The predicted molar refractivity (Wildman–Crippen MR) is 148 cm³/mol. The molecule has 204 valence electrons. The van der Waals surface area contributed by atoms with Crippen LogP contribution in [-0.4, -0.2) is 56.8 Å². The van der Waals surface area contributed by atoms with E-state index in [1.54, 1.807) is 24.2 Å². The normalized spacial score (nSPS) is 15.9. The average Bonchev–Trinajstić information content (AvgIpc) is 3.03. The number of nitrogens with one attached hydrogen (secondary N) is 2. The summed E-state index contributed by atoms with van der Waals surface area (Å²) in [6.07, 6.45) is 6.57. The zero-order valence-corrected chi connectivity index (χ0v) is 23.3. The maximum absolute atomic E-state index is 15.4. The molecule has 38 heavy (non-hydrogen) atoms. The summed E-state index contributed by atoms with van der Waals surface area (Å²) in [6, 6.07) is 4.83. The zero-order valence-electron chi connectivity index (χ0n) is 21.7. The van der Waals surface area contributed by atoms with Crippen molar-refractivity contribution in [2.75, 3.05) is 36.1 Å². The lowest BCUT2D eigenvalue weighted by Gasteiger charge is -2.37. The summed E-state index contributed by atoms with van der Waals surface area (Å²) >= 11 is 0. The van der Waals surface area contributed by atoms with Crippen molar-refractivity contribution in [2.24, 2.45) is 0 Å². The molecule has 2 aliphatic rings. The van der Waals surface area contributed by atoms with E-state index >= 15 is 4.39 Å². The fourth-order valence-corrected chi connectivity index (χ4v) is 5.74. The van der Waals surface area contributed by atoms with E-state index in [9.17, 15) is 13.2 Å². The predicted octanol–water partition coefficient (Wildman–Crippen LogP) is 4.00. The molecule has 0 radical (unpaired) electrons. The fraction of sp³-hybridized carbons (Fsp3) is 0.423. The van der Waals surface area contributed by atoms with E-state index in [-0.39, 0.29) is 48.1 Å². The van der Waals surface area contributed by atoms with Crippen LogP contribution in [0.25, 0.3) is 22.0 Å². The first kappa shape index (κ1) is 28.0. The molecule has 0 unspecified atom stereocenters. The second kappa shape index (κ2) is 10.3. The molecule has 1 fully saturated rings. The molecular weight excluding hydrogens is 533 g/mol. The number of aromatic nitrogens is 2. The molecule has 2 aromatic heterocycles. The molecule has 1 aliphatic carbocycles. The van der Waals surface area contributed by atoms with Crippen molar-refractivity contribution >= 4 is 50.6 Å². The summed E-state index contributed by atoms with van der Waals surface area (Å²) in [5, 5.41) is 3.93. The largest absolute Gasteiger partial charge is 0.475 e. The van der Waals surface area contributed by atoms with Gasteiger partial charge in [0.05, 0.1) is 29.1 Å². The number of anilines is 2. The molecule has 0 saturated heterocycles. The number of fused-ring (bicyclic) bond motifs is 4. The van der Waals surface area contributed by atoms with Crippen molar-refractivity contribution in [1.82, 2.24) is 15.3 Å². The fourth-order valence-electron chi connectivity index (χ4n) is 5.20. The third-order valence-electron chi connectivity index (χ3n) is 7.05. The molecule has 1 aromatic carbocycles. The average molecular weight is 564 g/mol. The smallest absolute Gasteiger partial charge is 0.238 e. The number of benzene rings is 1. The van der Waals surface area contributed by atoms with E-state index in [1.807, 2.05) is 13.8 Å². The second-order valence-electron chi connectivity index (χ2n) is 10.1. The van der Waals surface area contributed by atoms with Crippen molar-refractivity contribution in [2.45, 2.75) is 44.6 Å². The number of nitrogens with zero attached hydrogens (tertiary/aromatic N) is 3. The van der Waals surface area contributed by atoms with E-state index in [4.69, 9.17) is 4.74 Å². The minimum atomic E-state index is -3.65. The van der Waals surface area contributed by atoms with Crippen molar-refractivity contribution in [1.29, 1.82) is 0 Å². The van der Waals surface area contributed by atoms with Crippen LogP contribution in [0.2, 0.25) is 0 Å². The van der Waals surface area contributed by atoms with Gasteiger partial charge in [-0.3, -0.25) is 14.5 Å². The Morgan fingerprint density at radius 3 is 2.55 bits per heavy atom. The molecule has 9 nitrogen and oxygen atoms in total. The summed E-state index contributed by atoms with van der Waals surface area (Å²) in [6.45, 7) is 4.83. The van der Waals surface area contributed by atoms with Crippen molar-refractivity contribution in [3.63, 3.8) is 0 Å². The Morgan fingerprint density at radius 1 is 1.18 bits per heavy atom. The Kier molecular flexibility index (Phi) is 7.57. The van der Waals surface area contributed by atoms with Gasteiger partial charge in [0.2, 0.25) is 21.8 Å². The number of halogens is 2. The Balaban J connectivity index is 0.00000336. The van der Waals surface area contributed by atoms with Crippen molar-refractivity contribution in [3.8, 4) is 17.0 Å². The number of pyridine rings is 2. The van der Waals surface area contributed by atoms with Gasteiger partial charge in [-0.2, -0.15) is 0 Å². The van der Waals surface area contributed by atoms with E-state index in [0.717, 1.165) is 36.8 Å². The van der Waals surface area contributed by atoms with Crippen LogP contribution >= 0.6 is 12.4 Å². The van der Waals surface area contributed by atoms with E-state index in [0.29, 0.717) is 23.0 Å². The SMILES string of the molecule is CC(C)NCCOc1ncc(-c2cc3c4c(cnc3cc2F)N(C)C(=O)C42CCC2)cc1NS(C)(=O)=O.Cl. The first-order valence-electron chi connectivity index (χ1n) is 12.3. The molecule has 5 rings (SSSR count). The van der Waals surface area contributed by atoms with Crippen LogP contribution in [0.3, 0.4) is 0 Å². The van der Waals surface area contributed by atoms with E-state index < -0.39 is 21.3 Å². The van der Waals surface area contributed by atoms with Gasteiger partial charge < -0.3 is 15.0 Å². The number of carbonyl (C=O) groups excluding carboxylic acids is 1. The summed E-state index contributed by atoms with van der Waals surface area (Å²) < 4.78 is 47.6. The number of amides is 1. The monoisotopic (exact) mass is 563 g/mol. The summed E-state index contributed by atoms with van der Waals surface area (Å²) in [5.74, 6) is -0.380. The lowest BCUT2D eigenvalue weighted by atomic mass is 9.64. The summed E-state index contributed by atoms with van der Waals surface area (Å²) in [7, 11) is -1.91. The number of likely N-dealkylation sites (N-methyl/N-ethyl adjacent to an activating group) is 1. The number of ether oxygens (including phenoxy) is 1. The second-order valence-corrected chi connectivity index (χ2v) is 11.8. The molecule has 3 aromatic rings. The van der Waals surface area contributed by atoms with Gasteiger partial charge in [0.15, 0.2) is 0 Å².